The molecule has 2 heterocycles. The van der Waals surface area contributed by atoms with Gasteiger partial charge in [-0.1, -0.05) is 42.0 Å². The first kappa shape index (κ1) is 18.1. The third-order valence-corrected chi connectivity index (χ3v) is 4.94. The van der Waals surface area contributed by atoms with Crippen LogP contribution >= 0.6 is 12.2 Å². The quantitative estimate of drug-likeness (QED) is 0.522. The van der Waals surface area contributed by atoms with Gasteiger partial charge in [-0.15, -0.1) is 10.2 Å². The number of rotatable bonds is 5. The van der Waals surface area contributed by atoms with Crippen molar-refractivity contribution < 1.29 is 4.74 Å². The smallest absolute Gasteiger partial charge is 0.209 e. The van der Waals surface area contributed by atoms with Crippen molar-refractivity contribution >= 4 is 12.2 Å². The van der Waals surface area contributed by atoms with Gasteiger partial charge in [-0.3, -0.25) is 5.10 Å². The molecule has 0 aliphatic carbocycles. The number of methoxy groups -OCH3 is 1. The standard InChI is InChI=1S/C20H20N6OS/c1-13-4-9-18(14(2)10-13)26-20(28)17(11-21-26)19-22-24-25(23-19)12-15-5-7-16(27-3)8-6-15/h4-11,21H,12H2,1-3H3. The van der Waals surface area contributed by atoms with Gasteiger partial charge in [0.1, 0.15) is 10.4 Å². The molecule has 28 heavy (non-hydrogen) atoms. The van der Waals surface area contributed by atoms with E-state index in [1.54, 1.807) is 11.9 Å². The van der Waals surface area contributed by atoms with E-state index in [1.807, 2.05) is 35.1 Å². The molecule has 0 saturated carbocycles. The summed E-state index contributed by atoms with van der Waals surface area (Å²) in [5.74, 6) is 1.31. The van der Waals surface area contributed by atoms with Crippen molar-refractivity contribution in [1.82, 2.24) is 30.0 Å². The summed E-state index contributed by atoms with van der Waals surface area (Å²) in [4.78, 5) is 1.56. The zero-order chi connectivity index (χ0) is 19.7. The van der Waals surface area contributed by atoms with E-state index in [-0.39, 0.29) is 0 Å². The molecule has 0 saturated heterocycles. The summed E-state index contributed by atoms with van der Waals surface area (Å²) in [6.07, 6.45) is 1.82. The molecular weight excluding hydrogens is 372 g/mol. The number of aryl methyl sites for hydroxylation is 2. The molecule has 0 atom stereocenters. The first-order valence-corrected chi connectivity index (χ1v) is 9.25. The van der Waals surface area contributed by atoms with Gasteiger partial charge >= 0.3 is 0 Å². The summed E-state index contributed by atoms with van der Waals surface area (Å²) in [6, 6.07) is 14.0. The predicted octanol–water partition coefficient (Wildman–Crippen LogP) is 3.86. The van der Waals surface area contributed by atoms with Crippen LogP contribution in [0.4, 0.5) is 0 Å². The molecule has 0 spiro atoms. The van der Waals surface area contributed by atoms with Crippen molar-refractivity contribution in [3.05, 3.63) is 70.0 Å². The molecule has 0 aliphatic heterocycles. The van der Waals surface area contributed by atoms with Crippen molar-refractivity contribution in [2.75, 3.05) is 7.11 Å². The summed E-state index contributed by atoms with van der Waals surface area (Å²) in [6.45, 7) is 4.65. The van der Waals surface area contributed by atoms with Gasteiger partial charge in [-0.2, -0.15) is 4.80 Å². The Balaban J connectivity index is 1.60. The lowest BCUT2D eigenvalue weighted by Gasteiger charge is -2.07. The number of ether oxygens (including phenoxy) is 1. The highest BCUT2D eigenvalue weighted by atomic mass is 32.1. The van der Waals surface area contributed by atoms with E-state index in [2.05, 4.69) is 52.6 Å². The molecule has 2 aromatic heterocycles. The van der Waals surface area contributed by atoms with Gasteiger partial charge in [0, 0.05) is 6.20 Å². The van der Waals surface area contributed by atoms with E-state index in [4.69, 9.17) is 17.0 Å². The number of nitrogens with zero attached hydrogens (tertiary/aromatic N) is 5. The highest BCUT2D eigenvalue weighted by Crippen LogP contribution is 2.21. The van der Waals surface area contributed by atoms with Gasteiger partial charge in [-0.05, 0) is 48.4 Å². The second-order valence-electron chi connectivity index (χ2n) is 6.61. The number of benzene rings is 2. The zero-order valence-corrected chi connectivity index (χ0v) is 16.7. The lowest BCUT2D eigenvalue weighted by molar-refractivity contribution is 0.414. The molecule has 0 radical (unpaired) electrons. The molecule has 4 aromatic rings. The van der Waals surface area contributed by atoms with Crippen LogP contribution in [-0.2, 0) is 6.54 Å². The summed E-state index contributed by atoms with van der Waals surface area (Å²) in [7, 11) is 1.65. The Bertz CT molecular complexity index is 1170. The molecule has 2 aromatic carbocycles. The molecule has 8 heteroatoms. The summed E-state index contributed by atoms with van der Waals surface area (Å²) in [5, 5.41) is 16.0. The minimum atomic E-state index is 0.498. The van der Waals surface area contributed by atoms with Gasteiger partial charge in [0.25, 0.3) is 0 Å². The number of hydrogen-bond donors (Lipinski definition) is 1. The fourth-order valence-corrected chi connectivity index (χ4v) is 3.38. The normalized spacial score (nSPS) is 11.0. The van der Waals surface area contributed by atoms with Crippen molar-refractivity contribution in [2.24, 2.45) is 0 Å². The van der Waals surface area contributed by atoms with Crippen LogP contribution in [0.5, 0.6) is 5.75 Å². The Morgan fingerprint density at radius 1 is 1.11 bits per heavy atom. The number of nitrogens with one attached hydrogen (secondary N) is 1. The van der Waals surface area contributed by atoms with Crippen molar-refractivity contribution in [3.63, 3.8) is 0 Å². The molecule has 4 rings (SSSR count). The number of aromatic amines is 1. The molecule has 0 unspecified atom stereocenters. The minimum absolute atomic E-state index is 0.498. The maximum absolute atomic E-state index is 5.65. The predicted molar refractivity (Wildman–Crippen MR) is 109 cm³/mol. The minimum Gasteiger partial charge on any atom is -0.497 e. The van der Waals surface area contributed by atoms with Gasteiger partial charge in [0.05, 0.1) is 24.9 Å². The van der Waals surface area contributed by atoms with E-state index in [1.165, 1.54) is 5.56 Å². The number of H-pyrrole nitrogens is 1. The maximum atomic E-state index is 5.65. The molecule has 0 bridgehead atoms. The molecule has 142 valence electrons. The SMILES string of the molecule is COc1ccc(Cn2nnc(-c3c[nH]n(-c4ccc(C)cc4C)c3=S)n2)cc1. The average molecular weight is 392 g/mol. The van der Waals surface area contributed by atoms with Crippen molar-refractivity contribution in [2.45, 2.75) is 20.4 Å². The number of aromatic nitrogens is 6. The number of hydrogen-bond acceptors (Lipinski definition) is 5. The molecule has 7 nitrogen and oxygen atoms in total. The fraction of sp³-hybridized carbons (Fsp3) is 0.200. The molecule has 0 fully saturated rings. The lowest BCUT2D eigenvalue weighted by atomic mass is 10.1. The van der Waals surface area contributed by atoms with Gasteiger partial charge in [-0.25, -0.2) is 4.68 Å². The van der Waals surface area contributed by atoms with Crippen LogP contribution in [-0.4, -0.2) is 37.1 Å². The maximum Gasteiger partial charge on any atom is 0.209 e. The monoisotopic (exact) mass is 392 g/mol. The third kappa shape index (κ3) is 3.46. The molecule has 0 amide bonds. The van der Waals surface area contributed by atoms with E-state index in [0.717, 1.165) is 28.1 Å². The Kier molecular flexibility index (Phi) is 4.79. The highest BCUT2D eigenvalue weighted by molar-refractivity contribution is 7.71. The topological polar surface area (TPSA) is 73.5 Å². The van der Waals surface area contributed by atoms with Crippen LogP contribution < -0.4 is 4.74 Å². The second kappa shape index (κ2) is 7.40. The van der Waals surface area contributed by atoms with E-state index in [0.29, 0.717) is 17.0 Å². The van der Waals surface area contributed by atoms with Crippen molar-refractivity contribution in [3.8, 4) is 22.8 Å². The largest absolute Gasteiger partial charge is 0.497 e. The van der Waals surface area contributed by atoms with Crippen molar-refractivity contribution in [1.29, 1.82) is 0 Å². The van der Waals surface area contributed by atoms with Crippen LogP contribution in [0.1, 0.15) is 16.7 Å². The zero-order valence-electron chi connectivity index (χ0n) is 15.9. The van der Waals surface area contributed by atoms with Crippen LogP contribution in [0.15, 0.2) is 48.7 Å². The number of tetrazole rings is 1. The van der Waals surface area contributed by atoms with Crippen LogP contribution in [0.3, 0.4) is 0 Å². The summed E-state index contributed by atoms with van der Waals surface area (Å²) in [5.41, 5.74) is 5.16. The van der Waals surface area contributed by atoms with Crippen LogP contribution in [0, 0.1) is 18.5 Å². The Morgan fingerprint density at radius 3 is 2.61 bits per heavy atom. The Labute approximate surface area is 167 Å². The third-order valence-electron chi connectivity index (χ3n) is 4.54. The van der Waals surface area contributed by atoms with Gasteiger partial charge < -0.3 is 4.74 Å². The summed E-state index contributed by atoms with van der Waals surface area (Å²) < 4.78 is 7.67. The van der Waals surface area contributed by atoms with E-state index >= 15 is 0 Å². The second-order valence-corrected chi connectivity index (χ2v) is 7.00. The van der Waals surface area contributed by atoms with E-state index < -0.39 is 0 Å². The fourth-order valence-electron chi connectivity index (χ4n) is 3.08. The Hall–Kier alpha value is -3.26. The highest BCUT2D eigenvalue weighted by Gasteiger charge is 2.13. The summed E-state index contributed by atoms with van der Waals surface area (Å²) >= 11 is 5.65. The first-order chi connectivity index (χ1) is 13.5. The van der Waals surface area contributed by atoms with Gasteiger partial charge in [0.15, 0.2) is 0 Å². The lowest BCUT2D eigenvalue weighted by Crippen LogP contribution is -2.04. The van der Waals surface area contributed by atoms with Crippen LogP contribution in [0.2, 0.25) is 0 Å². The molecular formula is C20H20N6OS. The molecule has 1 N–H and O–H groups in total. The average Bonchev–Trinajstić information content (AvgIpc) is 3.29. The van der Waals surface area contributed by atoms with Crippen LogP contribution in [0.25, 0.3) is 17.1 Å². The van der Waals surface area contributed by atoms with Gasteiger partial charge in [0.2, 0.25) is 5.82 Å². The Morgan fingerprint density at radius 2 is 1.89 bits per heavy atom. The first-order valence-electron chi connectivity index (χ1n) is 8.84. The molecule has 0 aliphatic rings. The van der Waals surface area contributed by atoms with E-state index in [9.17, 15) is 0 Å².